The van der Waals surface area contributed by atoms with E-state index in [1.54, 1.807) is 0 Å². The van der Waals surface area contributed by atoms with Crippen molar-refractivity contribution in [3.05, 3.63) is 58.7 Å². The van der Waals surface area contributed by atoms with Gasteiger partial charge in [-0.25, -0.2) is 0 Å². The van der Waals surface area contributed by atoms with Gasteiger partial charge in [0.2, 0.25) is 0 Å². The fourth-order valence-electron chi connectivity index (χ4n) is 2.22. The van der Waals surface area contributed by atoms with Gasteiger partial charge < -0.3 is 10.1 Å². The summed E-state index contributed by atoms with van der Waals surface area (Å²) in [6.45, 7) is 8.00. The molecule has 2 aromatic rings. The standard InChI is InChI=1S/C18H21NO2/c1-12-5-6-15(4)17(10-12)19-18(20)11-21-16-8-13(2)7-14(3)9-16/h5-10H,11H2,1-4H3,(H,19,20). The SMILES string of the molecule is Cc1cc(C)cc(OCC(=O)Nc2cc(C)ccc2C)c1. The van der Waals surface area contributed by atoms with Crippen molar-refractivity contribution in [2.24, 2.45) is 0 Å². The zero-order chi connectivity index (χ0) is 15.4. The predicted molar refractivity (Wildman–Crippen MR) is 86.0 cm³/mol. The van der Waals surface area contributed by atoms with Crippen LogP contribution in [0.3, 0.4) is 0 Å². The third-order valence-electron chi connectivity index (χ3n) is 3.23. The molecule has 0 heterocycles. The maximum absolute atomic E-state index is 12.0. The largest absolute Gasteiger partial charge is 0.484 e. The molecule has 0 radical (unpaired) electrons. The molecule has 0 aliphatic carbocycles. The third kappa shape index (κ3) is 4.35. The highest BCUT2D eigenvalue weighted by atomic mass is 16.5. The van der Waals surface area contributed by atoms with Crippen molar-refractivity contribution in [3.63, 3.8) is 0 Å². The molecule has 1 N–H and O–H groups in total. The van der Waals surface area contributed by atoms with Crippen LogP contribution in [0.15, 0.2) is 36.4 Å². The molecular formula is C18H21NO2. The van der Waals surface area contributed by atoms with Gasteiger partial charge in [0.1, 0.15) is 5.75 Å². The van der Waals surface area contributed by atoms with Gasteiger partial charge in [0.15, 0.2) is 6.61 Å². The van der Waals surface area contributed by atoms with Crippen molar-refractivity contribution in [1.82, 2.24) is 0 Å². The fraction of sp³-hybridized carbons (Fsp3) is 0.278. The molecule has 0 saturated carbocycles. The minimum Gasteiger partial charge on any atom is -0.484 e. The van der Waals surface area contributed by atoms with Crippen LogP contribution in [0.5, 0.6) is 5.75 Å². The highest BCUT2D eigenvalue weighted by Crippen LogP contribution is 2.18. The molecule has 0 atom stereocenters. The highest BCUT2D eigenvalue weighted by molar-refractivity contribution is 5.92. The van der Waals surface area contributed by atoms with Gasteiger partial charge in [0.05, 0.1) is 0 Å². The van der Waals surface area contributed by atoms with E-state index in [2.05, 4.69) is 11.4 Å². The highest BCUT2D eigenvalue weighted by Gasteiger charge is 2.06. The fourth-order valence-corrected chi connectivity index (χ4v) is 2.22. The van der Waals surface area contributed by atoms with E-state index in [1.807, 2.05) is 58.0 Å². The first-order valence-electron chi connectivity index (χ1n) is 7.02. The lowest BCUT2D eigenvalue weighted by atomic mass is 10.1. The van der Waals surface area contributed by atoms with Crippen LogP contribution in [0, 0.1) is 27.7 Å². The zero-order valence-corrected chi connectivity index (χ0v) is 13.0. The molecule has 0 aromatic heterocycles. The molecule has 110 valence electrons. The minimum absolute atomic E-state index is 0.0102. The average molecular weight is 283 g/mol. The van der Waals surface area contributed by atoms with E-state index in [0.29, 0.717) is 0 Å². The number of hydrogen-bond donors (Lipinski definition) is 1. The first kappa shape index (κ1) is 15.1. The van der Waals surface area contributed by atoms with Crippen molar-refractivity contribution in [2.45, 2.75) is 27.7 Å². The summed E-state index contributed by atoms with van der Waals surface area (Å²) in [6, 6.07) is 11.9. The van der Waals surface area contributed by atoms with Crippen molar-refractivity contribution in [3.8, 4) is 5.75 Å². The van der Waals surface area contributed by atoms with Gasteiger partial charge in [-0.15, -0.1) is 0 Å². The topological polar surface area (TPSA) is 38.3 Å². The van der Waals surface area contributed by atoms with Crippen LogP contribution in [0.4, 0.5) is 5.69 Å². The summed E-state index contributed by atoms with van der Waals surface area (Å²) in [5.74, 6) is 0.575. The number of aryl methyl sites for hydroxylation is 4. The molecule has 0 spiro atoms. The zero-order valence-electron chi connectivity index (χ0n) is 13.0. The molecule has 3 heteroatoms. The molecule has 2 aromatic carbocycles. The number of carbonyl (C=O) groups is 1. The number of carbonyl (C=O) groups excluding carboxylic acids is 1. The molecule has 0 fully saturated rings. The summed E-state index contributed by atoms with van der Waals surface area (Å²) in [5.41, 5.74) is 5.25. The Labute approximate surface area is 126 Å². The summed E-state index contributed by atoms with van der Waals surface area (Å²) in [4.78, 5) is 12.0. The Morgan fingerprint density at radius 2 is 1.62 bits per heavy atom. The predicted octanol–water partition coefficient (Wildman–Crippen LogP) is 3.94. The third-order valence-corrected chi connectivity index (χ3v) is 3.23. The van der Waals surface area contributed by atoms with E-state index in [9.17, 15) is 4.79 Å². The molecule has 1 amide bonds. The number of anilines is 1. The molecular weight excluding hydrogens is 262 g/mol. The number of ether oxygens (including phenoxy) is 1. The second-order valence-corrected chi connectivity index (χ2v) is 5.48. The van der Waals surface area contributed by atoms with Crippen LogP contribution in [-0.4, -0.2) is 12.5 Å². The second-order valence-electron chi connectivity index (χ2n) is 5.48. The lowest BCUT2D eigenvalue weighted by Gasteiger charge is -2.11. The normalized spacial score (nSPS) is 10.3. The summed E-state index contributed by atoms with van der Waals surface area (Å²) in [6.07, 6.45) is 0. The first-order valence-corrected chi connectivity index (χ1v) is 7.02. The maximum atomic E-state index is 12.0. The number of hydrogen-bond acceptors (Lipinski definition) is 2. The van der Waals surface area contributed by atoms with Crippen LogP contribution in [0.2, 0.25) is 0 Å². The molecule has 0 saturated heterocycles. The van der Waals surface area contributed by atoms with Gasteiger partial charge in [0, 0.05) is 5.69 Å². The van der Waals surface area contributed by atoms with Crippen LogP contribution in [-0.2, 0) is 4.79 Å². The second kappa shape index (κ2) is 6.44. The first-order chi connectivity index (χ1) is 9.94. The van der Waals surface area contributed by atoms with Crippen LogP contribution in [0.1, 0.15) is 22.3 Å². The van der Waals surface area contributed by atoms with Gasteiger partial charge in [-0.05, 0) is 68.1 Å². The van der Waals surface area contributed by atoms with E-state index in [0.717, 1.165) is 33.7 Å². The quantitative estimate of drug-likeness (QED) is 0.923. The van der Waals surface area contributed by atoms with E-state index in [1.165, 1.54) is 0 Å². The van der Waals surface area contributed by atoms with E-state index < -0.39 is 0 Å². The summed E-state index contributed by atoms with van der Waals surface area (Å²) < 4.78 is 5.56. The number of benzene rings is 2. The minimum atomic E-state index is -0.150. The van der Waals surface area contributed by atoms with E-state index >= 15 is 0 Å². The van der Waals surface area contributed by atoms with Crippen molar-refractivity contribution >= 4 is 11.6 Å². The Hall–Kier alpha value is -2.29. The van der Waals surface area contributed by atoms with E-state index in [-0.39, 0.29) is 12.5 Å². The number of nitrogens with one attached hydrogen (secondary N) is 1. The Morgan fingerprint density at radius 3 is 2.29 bits per heavy atom. The number of amides is 1. The Morgan fingerprint density at radius 1 is 0.952 bits per heavy atom. The smallest absolute Gasteiger partial charge is 0.262 e. The Balaban J connectivity index is 1.97. The van der Waals surface area contributed by atoms with Gasteiger partial charge in [0.25, 0.3) is 5.91 Å². The van der Waals surface area contributed by atoms with Crippen LogP contribution < -0.4 is 10.1 Å². The average Bonchev–Trinajstić information content (AvgIpc) is 2.40. The Kier molecular flexibility index (Phi) is 4.63. The molecule has 0 aliphatic rings. The van der Waals surface area contributed by atoms with Crippen LogP contribution in [0.25, 0.3) is 0 Å². The van der Waals surface area contributed by atoms with Gasteiger partial charge in [-0.2, -0.15) is 0 Å². The maximum Gasteiger partial charge on any atom is 0.262 e. The lowest BCUT2D eigenvalue weighted by Crippen LogP contribution is -2.20. The van der Waals surface area contributed by atoms with Crippen molar-refractivity contribution in [1.29, 1.82) is 0 Å². The van der Waals surface area contributed by atoms with Crippen molar-refractivity contribution < 1.29 is 9.53 Å². The van der Waals surface area contributed by atoms with Gasteiger partial charge >= 0.3 is 0 Å². The summed E-state index contributed by atoms with van der Waals surface area (Å²) in [5, 5.41) is 2.89. The van der Waals surface area contributed by atoms with Crippen molar-refractivity contribution in [2.75, 3.05) is 11.9 Å². The molecule has 2 rings (SSSR count). The summed E-state index contributed by atoms with van der Waals surface area (Å²) in [7, 11) is 0. The van der Waals surface area contributed by atoms with Gasteiger partial charge in [-0.3, -0.25) is 4.79 Å². The molecule has 3 nitrogen and oxygen atoms in total. The lowest BCUT2D eigenvalue weighted by molar-refractivity contribution is -0.118. The van der Waals surface area contributed by atoms with Gasteiger partial charge in [-0.1, -0.05) is 18.2 Å². The number of rotatable bonds is 4. The van der Waals surface area contributed by atoms with Crippen LogP contribution >= 0.6 is 0 Å². The Bertz CT molecular complexity index is 642. The molecule has 21 heavy (non-hydrogen) atoms. The molecule has 0 unspecified atom stereocenters. The summed E-state index contributed by atoms with van der Waals surface area (Å²) >= 11 is 0. The monoisotopic (exact) mass is 283 g/mol. The van der Waals surface area contributed by atoms with E-state index in [4.69, 9.17) is 4.74 Å². The molecule has 0 aliphatic heterocycles. The molecule has 0 bridgehead atoms.